The Bertz CT molecular complexity index is 1210. The summed E-state index contributed by atoms with van der Waals surface area (Å²) in [4.78, 5) is 24.6. The molecular formula is C77H153NO5. The molecule has 496 valence electrons. The van der Waals surface area contributed by atoms with Gasteiger partial charge in [-0.2, -0.15) is 0 Å². The normalized spacial score (nSPS) is 12.4. The fourth-order valence-electron chi connectivity index (χ4n) is 12.8. The quantitative estimate of drug-likeness (QED) is 0.0417. The zero-order valence-electron chi connectivity index (χ0n) is 57.0. The fraction of sp³-hybridized carbons (Fsp3) is 0.974. The molecule has 0 spiro atoms. The summed E-state index contributed by atoms with van der Waals surface area (Å²) in [7, 11) is 0. The van der Waals surface area contributed by atoms with E-state index in [2.05, 4.69) is 19.2 Å². The number of hydrogen-bond acceptors (Lipinski definition) is 5. The van der Waals surface area contributed by atoms with E-state index in [9.17, 15) is 19.8 Å². The topological polar surface area (TPSA) is 95.9 Å². The average molecular weight is 1170 g/mol. The summed E-state index contributed by atoms with van der Waals surface area (Å²) in [6, 6.07) is -0.537. The molecule has 0 aromatic rings. The van der Waals surface area contributed by atoms with Crippen LogP contribution >= 0.6 is 0 Å². The van der Waals surface area contributed by atoms with Crippen LogP contribution in [-0.4, -0.2) is 47.4 Å². The molecule has 6 heteroatoms. The molecule has 0 aliphatic rings. The Kier molecular flexibility index (Phi) is 72.3. The number of carbonyl (C=O) groups excluding carboxylic acids is 2. The molecule has 2 atom stereocenters. The summed E-state index contributed by atoms with van der Waals surface area (Å²) < 4.78 is 5.52. The van der Waals surface area contributed by atoms with E-state index in [4.69, 9.17) is 4.74 Å². The second kappa shape index (κ2) is 73.3. The lowest BCUT2D eigenvalue weighted by Crippen LogP contribution is -2.45. The van der Waals surface area contributed by atoms with E-state index in [1.54, 1.807) is 0 Å². The lowest BCUT2D eigenvalue weighted by atomic mass is 10.0. The van der Waals surface area contributed by atoms with Gasteiger partial charge in [-0.05, 0) is 25.7 Å². The molecule has 0 fully saturated rings. The maximum atomic E-state index is 12.5. The van der Waals surface area contributed by atoms with Crippen LogP contribution in [0.3, 0.4) is 0 Å². The fourth-order valence-corrected chi connectivity index (χ4v) is 12.8. The van der Waals surface area contributed by atoms with Crippen molar-refractivity contribution in [2.24, 2.45) is 0 Å². The molecule has 0 aliphatic heterocycles. The van der Waals surface area contributed by atoms with Crippen LogP contribution in [-0.2, 0) is 14.3 Å². The van der Waals surface area contributed by atoms with Gasteiger partial charge in [-0.25, -0.2) is 0 Å². The van der Waals surface area contributed by atoms with Gasteiger partial charge in [-0.3, -0.25) is 9.59 Å². The molecule has 3 N–H and O–H groups in total. The summed E-state index contributed by atoms with van der Waals surface area (Å²) in [6.07, 6.45) is 90.5. The number of nitrogens with one attached hydrogen (secondary N) is 1. The van der Waals surface area contributed by atoms with E-state index >= 15 is 0 Å². The van der Waals surface area contributed by atoms with Crippen LogP contribution in [0.15, 0.2) is 0 Å². The Morgan fingerprint density at radius 1 is 0.289 bits per heavy atom. The summed E-state index contributed by atoms with van der Waals surface area (Å²) >= 11 is 0. The highest BCUT2D eigenvalue weighted by atomic mass is 16.5. The third-order valence-corrected chi connectivity index (χ3v) is 18.7. The number of amides is 1. The average Bonchev–Trinajstić information content (AvgIpc) is 3.48. The van der Waals surface area contributed by atoms with Crippen molar-refractivity contribution in [1.29, 1.82) is 0 Å². The number of aliphatic hydroxyl groups excluding tert-OH is 2. The van der Waals surface area contributed by atoms with E-state index in [1.807, 2.05) is 0 Å². The van der Waals surface area contributed by atoms with Crippen LogP contribution in [0.1, 0.15) is 457 Å². The van der Waals surface area contributed by atoms with E-state index in [1.165, 1.54) is 385 Å². The predicted molar refractivity (Wildman–Crippen MR) is 366 cm³/mol. The van der Waals surface area contributed by atoms with Crippen molar-refractivity contribution >= 4 is 11.9 Å². The van der Waals surface area contributed by atoms with Gasteiger partial charge in [0.05, 0.1) is 25.4 Å². The Labute approximate surface area is 521 Å². The molecule has 2 unspecified atom stereocenters. The highest BCUT2D eigenvalue weighted by molar-refractivity contribution is 5.76. The zero-order chi connectivity index (χ0) is 59.9. The minimum absolute atomic E-state index is 0.0262. The Morgan fingerprint density at radius 3 is 0.735 bits per heavy atom. The summed E-state index contributed by atoms with van der Waals surface area (Å²) in [6.45, 7) is 5.01. The van der Waals surface area contributed by atoms with Crippen molar-refractivity contribution in [3.63, 3.8) is 0 Å². The third kappa shape index (κ3) is 69.8. The van der Waals surface area contributed by atoms with Gasteiger partial charge in [-0.15, -0.1) is 0 Å². The lowest BCUT2D eigenvalue weighted by molar-refractivity contribution is -0.143. The van der Waals surface area contributed by atoms with Gasteiger partial charge < -0.3 is 20.3 Å². The van der Waals surface area contributed by atoms with Crippen molar-refractivity contribution in [3.8, 4) is 0 Å². The van der Waals surface area contributed by atoms with Crippen LogP contribution in [0.5, 0.6) is 0 Å². The number of rotatable bonds is 74. The van der Waals surface area contributed by atoms with E-state index in [0.29, 0.717) is 25.9 Å². The molecule has 0 aromatic heterocycles. The number of esters is 1. The van der Waals surface area contributed by atoms with Crippen molar-refractivity contribution in [3.05, 3.63) is 0 Å². The van der Waals surface area contributed by atoms with Gasteiger partial charge >= 0.3 is 5.97 Å². The van der Waals surface area contributed by atoms with E-state index in [0.717, 1.165) is 38.5 Å². The molecule has 0 heterocycles. The van der Waals surface area contributed by atoms with Gasteiger partial charge in [0, 0.05) is 12.8 Å². The lowest BCUT2D eigenvalue weighted by Gasteiger charge is -2.22. The van der Waals surface area contributed by atoms with Crippen LogP contribution < -0.4 is 5.32 Å². The Hall–Kier alpha value is -1.14. The number of unbranched alkanes of at least 4 members (excludes halogenated alkanes) is 63. The highest BCUT2D eigenvalue weighted by Crippen LogP contribution is 2.20. The SMILES string of the molecule is CCCCCCCCCCCCCCCCCCCCCC(=O)OCCCCCCCCCCCCCCCCCCCCCCCCCCCCCCCCCCC(=O)NC(CO)C(O)CCCCCCCCCCCCCCCCC. The van der Waals surface area contributed by atoms with Crippen molar-refractivity contribution in [1.82, 2.24) is 5.32 Å². The first-order chi connectivity index (χ1) is 41.0. The molecule has 0 saturated carbocycles. The highest BCUT2D eigenvalue weighted by Gasteiger charge is 2.20. The monoisotopic (exact) mass is 1170 g/mol. The minimum atomic E-state index is -0.660. The molecule has 0 aromatic carbocycles. The van der Waals surface area contributed by atoms with Gasteiger partial charge in [0.1, 0.15) is 0 Å². The summed E-state index contributed by atoms with van der Waals surface area (Å²) in [5.74, 6) is 0.00123. The smallest absolute Gasteiger partial charge is 0.305 e. The molecular weight excluding hydrogens is 1020 g/mol. The number of hydrogen-bond donors (Lipinski definition) is 3. The second-order valence-corrected chi connectivity index (χ2v) is 27.1. The standard InChI is InChI=1S/C77H153NO5/c1-3-5-7-9-11-13-15-17-19-20-35-39-43-47-51-55-59-63-67-71-77(82)83-72-68-64-60-56-52-48-44-40-37-34-32-30-28-26-24-22-21-23-25-27-29-31-33-36-38-42-46-50-54-58-62-66-70-76(81)78-74(73-79)75(80)69-65-61-57-53-49-45-41-18-16-14-12-10-8-6-4-2/h74-75,79-80H,3-73H2,1-2H3,(H,78,81). The van der Waals surface area contributed by atoms with Crippen molar-refractivity contribution in [2.45, 2.75) is 469 Å². The third-order valence-electron chi connectivity index (χ3n) is 18.7. The van der Waals surface area contributed by atoms with Gasteiger partial charge in [0.2, 0.25) is 5.91 Å². The van der Waals surface area contributed by atoms with E-state index < -0.39 is 12.1 Å². The molecule has 6 nitrogen and oxygen atoms in total. The van der Waals surface area contributed by atoms with Crippen LogP contribution in [0, 0.1) is 0 Å². The van der Waals surface area contributed by atoms with Gasteiger partial charge in [-0.1, -0.05) is 418 Å². The number of carbonyl (C=O) groups is 2. The summed E-state index contributed by atoms with van der Waals surface area (Å²) in [5.41, 5.74) is 0. The molecule has 0 saturated heterocycles. The number of aliphatic hydroxyl groups is 2. The Balaban J connectivity index is 3.29. The van der Waals surface area contributed by atoms with Crippen molar-refractivity contribution in [2.75, 3.05) is 13.2 Å². The van der Waals surface area contributed by atoms with Crippen LogP contribution in [0.25, 0.3) is 0 Å². The first-order valence-corrected chi connectivity index (χ1v) is 38.8. The largest absolute Gasteiger partial charge is 0.466 e. The molecule has 1 amide bonds. The molecule has 0 aliphatic carbocycles. The predicted octanol–water partition coefficient (Wildman–Crippen LogP) is 25.3. The second-order valence-electron chi connectivity index (χ2n) is 27.1. The molecule has 0 radical (unpaired) electrons. The molecule has 0 bridgehead atoms. The molecule has 0 rings (SSSR count). The van der Waals surface area contributed by atoms with Crippen LogP contribution in [0.2, 0.25) is 0 Å². The van der Waals surface area contributed by atoms with E-state index in [-0.39, 0.29) is 18.5 Å². The summed E-state index contributed by atoms with van der Waals surface area (Å²) in [5, 5.41) is 23.4. The maximum absolute atomic E-state index is 12.5. The van der Waals surface area contributed by atoms with Crippen LogP contribution in [0.4, 0.5) is 0 Å². The number of ether oxygens (including phenoxy) is 1. The minimum Gasteiger partial charge on any atom is -0.466 e. The van der Waals surface area contributed by atoms with Crippen molar-refractivity contribution < 1.29 is 24.5 Å². The Morgan fingerprint density at radius 2 is 0.494 bits per heavy atom. The van der Waals surface area contributed by atoms with Gasteiger partial charge in [0.15, 0.2) is 0 Å². The first kappa shape index (κ1) is 81.9. The maximum Gasteiger partial charge on any atom is 0.305 e. The molecule has 83 heavy (non-hydrogen) atoms. The van der Waals surface area contributed by atoms with Gasteiger partial charge in [0.25, 0.3) is 0 Å². The zero-order valence-corrected chi connectivity index (χ0v) is 57.0. The first-order valence-electron chi connectivity index (χ1n) is 38.8.